The van der Waals surface area contributed by atoms with Gasteiger partial charge in [-0.1, -0.05) is 6.07 Å². The summed E-state index contributed by atoms with van der Waals surface area (Å²) in [6.45, 7) is 2.31. The molecule has 1 aromatic heterocycles. The molecular formula is C13H21N3O. The molecule has 0 bridgehead atoms. The Morgan fingerprint density at radius 1 is 1.47 bits per heavy atom. The van der Waals surface area contributed by atoms with E-state index in [1.165, 1.54) is 0 Å². The van der Waals surface area contributed by atoms with E-state index < -0.39 is 0 Å². The van der Waals surface area contributed by atoms with Gasteiger partial charge in [-0.3, -0.25) is 9.88 Å². The normalized spacial score (nSPS) is 19.5. The van der Waals surface area contributed by atoms with Crippen LogP contribution in [0, 0.1) is 0 Å². The highest BCUT2D eigenvalue weighted by atomic mass is 16.5. The van der Waals surface area contributed by atoms with Gasteiger partial charge in [0.2, 0.25) is 0 Å². The Balaban J connectivity index is 2.07. The fourth-order valence-electron chi connectivity index (χ4n) is 2.42. The summed E-state index contributed by atoms with van der Waals surface area (Å²) in [7, 11) is 2.14. The Morgan fingerprint density at radius 2 is 2.24 bits per heavy atom. The summed E-state index contributed by atoms with van der Waals surface area (Å²) in [6.07, 6.45) is 4.00. The monoisotopic (exact) mass is 235 g/mol. The number of aromatic nitrogens is 1. The van der Waals surface area contributed by atoms with E-state index in [1.54, 1.807) is 0 Å². The second-order valence-electron chi connectivity index (χ2n) is 4.52. The second kappa shape index (κ2) is 6.10. The molecule has 1 aliphatic rings. The molecule has 4 heteroatoms. The Morgan fingerprint density at radius 3 is 2.82 bits per heavy atom. The maximum atomic E-state index is 5.90. The molecule has 0 aliphatic carbocycles. The summed E-state index contributed by atoms with van der Waals surface area (Å²) >= 11 is 0. The zero-order chi connectivity index (χ0) is 12.1. The molecule has 1 aliphatic heterocycles. The van der Waals surface area contributed by atoms with Crippen molar-refractivity contribution in [1.29, 1.82) is 0 Å². The number of rotatable bonds is 4. The van der Waals surface area contributed by atoms with Crippen LogP contribution in [-0.4, -0.2) is 42.7 Å². The van der Waals surface area contributed by atoms with Crippen molar-refractivity contribution in [3.8, 4) is 0 Å². The van der Waals surface area contributed by atoms with E-state index in [4.69, 9.17) is 10.5 Å². The van der Waals surface area contributed by atoms with Crippen molar-refractivity contribution in [1.82, 2.24) is 9.88 Å². The molecule has 0 aromatic carbocycles. The second-order valence-corrected chi connectivity index (χ2v) is 4.52. The lowest BCUT2D eigenvalue weighted by Crippen LogP contribution is -2.41. The van der Waals surface area contributed by atoms with Gasteiger partial charge in [-0.25, -0.2) is 0 Å². The van der Waals surface area contributed by atoms with E-state index >= 15 is 0 Å². The average Bonchev–Trinajstić information content (AvgIpc) is 2.42. The topological polar surface area (TPSA) is 51.4 Å². The third-order valence-electron chi connectivity index (χ3n) is 3.51. The molecule has 1 fully saturated rings. The fraction of sp³-hybridized carbons (Fsp3) is 0.615. The Kier molecular flexibility index (Phi) is 4.48. The molecular weight excluding hydrogens is 214 g/mol. The Hall–Kier alpha value is -0.970. The highest BCUT2D eigenvalue weighted by Crippen LogP contribution is 2.23. The van der Waals surface area contributed by atoms with Gasteiger partial charge >= 0.3 is 0 Å². The Labute approximate surface area is 103 Å². The summed E-state index contributed by atoms with van der Waals surface area (Å²) in [5.41, 5.74) is 6.96. The molecule has 0 spiro atoms. The largest absolute Gasteiger partial charge is 0.381 e. The molecule has 1 unspecified atom stereocenters. The van der Waals surface area contributed by atoms with Gasteiger partial charge in [0, 0.05) is 32.0 Å². The highest BCUT2D eigenvalue weighted by molar-refractivity contribution is 5.09. The molecule has 2 heterocycles. The molecule has 94 valence electrons. The third-order valence-corrected chi connectivity index (χ3v) is 3.51. The van der Waals surface area contributed by atoms with Crippen molar-refractivity contribution in [3.63, 3.8) is 0 Å². The molecule has 4 nitrogen and oxygen atoms in total. The summed E-state index contributed by atoms with van der Waals surface area (Å²) in [5.74, 6) is 0. The summed E-state index contributed by atoms with van der Waals surface area (Å²) in [5, 5.41) is 0. The van der Waals surface area contributed by atoms with E-state index in [1.807, 2.05) is 24.4 Å². The molecule has 0 amide bonds. The van der Waals surface area contributed by atoms with Gasteiger partial charge in [0.15, 0.2) is 0 Å². The number of nitrogens with two attached hydrogens (primary N) is 1. The van der Waals surface area contributed by atoms with Gasteiger partial charge in [0.05, 0.1) is 11.7 Å². The maximum absolute atomic E-state index is 5.90. The number of hydrogen-bond acceptors (Lipinski definition) is 4. The smallest absolute Gasteiger partial charge is 0.0644 e. The molecule has 0 radical (unpaired) electrons. The van der Waals surface area contributed by atoms with E-state index in [2.05, 4.69) is 16.9 Å². The summed E-state index contributed by atoms with van der Waals surface area (Å²) < 4.78 is 5.40. The van der Waals surface area contributed by atoms with Gasteiger partial charge < -0.3 is 10.5 Å². The molecule has 1 atom stereocenters. The fourth-order valence-corrected chi connectivity index (χ4v) is 2.42. The lowest BCUT2D eigenvalue weighted by molar-refractivity contribution is 0.0287. The van der Waals surface area contributed by atoms with Crippen LogP contribution >= 0.6 is 0 Å². The van der Waals surface area contributed by atoms with Crippen LogP contribution in [0.25, 0.3) is 0 Å². The first-order valence-electron chi connectivity index (χ1n) is 6.23. The number of likely N-dealkylation sites (N-methyl/N-ethyl adjacent to an activating group) is 1. The first-order chi connectivity index (χ1) is 8.33. The standard InChI is InChI=1S/C13H21N3O/c1-16(11-5-8-17-9-6-11)13(10-14)12-4-2-3-7-15-12/h2-4,7,11,13H,5-6,8-10,14H2,1H3. The minimum Gasteiger partial charge on any atom is -0.381 e. The van der Waals surface area contributed by atoms with Crippen molar-refractivity contribution in [2.75, 3.05) is 26.8 Å². The van der Waals surface area contributed by atoms with Gasteiger partial charge in [-0.2, -0.15) is 0 Å². The lowest BCUT2D eigenvalue weighted by Gasteiger charge is -2.36. The molecule has 17 heavy (non-hydrogen) atoms. The van der Waals surface area contributed by atoms with E-state index in [9.17, 15) is 0 Å². The van der Waals surface area contributed by atoms with Gasteiger partial charge in [0.1, 0.15) is 0 Å². The predicted octanol–water partition coefficient (Wildman–Crippen LogP) is 1.19. The van der Waals surface area contributed by atoms with Gasteiger partial charge in [-0.15, -0.1) is 0 Å². The van der Waals surface area contributed by atoms with Crippen LogP contribution in [0.5, 0.6) is 0 Å². The van der Waals surface area contributed by atoms with Crippen LogP contribution in [0.15, 0.2) is 24.4 Å². The number of hydrogen-bond donors (Lipinski definition) is 1. The molecule has 1 aromatic rings. The van der Waals surface area contributed by atoms with Crippen LogP contribution in [0.2, 0.25) is 0 Å². The van der Waals surface area contributed by atoms with Crippen LogP contribution in [0.1, 0.15) is 24.6 Å². The van der Waals surface area contributed by atoms with Crippen molar-refractivity contribution in [2.24, 2.45) is 5.73 Å². The van der Waals surface area contributed by atoms with E-state index in [-0.39, 0.29) is 6.04 Å². The Bertz CT molecular complexity index is 325. The van der Waals surface area contributed by atoms with Crippen molar-refractivity contribution in [2.45, 2.75) is 24.9 Å². The zero-order valence-corrected chi connectivity index (χ0v) is 10.4. The lowest BCUT2D eigenvalue weighted by atomic mass is 10.0. The number of pyridine rings is 1. The quantitative estimate of drug-likeness (QED) is 0.852. The number of nitrogens with zero attached hydrogens (tertiary/aromatic N) is 2. The van der Waals surface area contributed by atoms with E-state index in [0.717, 1.165) is 31.7 Å². The number of ether oxygens (including phenoxy) is 1. The summed E-state index contributed by atoms with van der Waals surface area (Å²) in [6, 6.07) is 6.76. The molecule has 1 saturated heterocycles. The molecule has 2 N–H and O–H groups in total. The maximum Gasteiger partial charge on any atom is 0.0644 e. The molecule has 2 rings (SSSR count). The summed E-state index contributed by atoms with van der Waals surface area (Å²) in [4.78, 5) is 6.76. The van der Waals surface area contributed by atoms with Crippen LogP contribution in [0.4, 0.5) is 0 Å². The van der Waals surface area contributed by atoms with Crippen molar-refractivity contribution in [3.05, 3.63) is 30.1 Å². The van der Waals surface area contributed by atoms with E-state index in [0.29, 0.717) is 12.6 Å². The SMILES string of the molecule is CN(C1CCOCC1)C(CN)c1ccccn1. The van der Waals surface area contributed by atoms with Crippen LogP contribution in [0.3, 0.4) is 0 Å². The predicted molar refractivity (Wildman–Crippen MR) is 67.6 cm³/mol. The first kappa shape index (κ1) is 12.5. The first-order valence-corrected chi connectivity index (χ1v) is 6.23. The minimum atomic E-state index is 0.208. The third kappa shape index (κ3) is 3.03. The zero-order valence-electron chi connectivity index (χ0n) is 10.4. The van der Waals surface area contributed by atoms with Gasteiger partial charge in [-0.05, 0) is 32.0 Å². The minimum absolute atomic E-state index is 0.208. The molecule has 0 saturated carbocycles. The average molecular weight is 235 g/mol. The van der Waals surface area contributed by atoms with Crippen molar-refractivity contribution < 1.29 is 4.74 Å². The van der Waals surface area contributed by atoms with Crippen LogP contribution in [-0.2, 0) is 4.74 Å². The van der Waals surface area contributed by atoms with Gasteiger partial charge in [0.25, 0.3) is 0 Å². The highest BCUT2D eigenvalue weighted by Gasteiger charge is 2.25. The van der Waals surface area contributed by atoms with Crippen molar-refractivity contribution >= 4 is 0 Å². The van der Waals surface area contributed by atoms with Crippen LogP contribution < -0.4 is 5.73 Å².